The average molecular weight is 413 g/mol. The van der Waals surface area contributed by atoms with Gasteiger partial charge in [-0.1, -0.05) is 12.1 Å². The maximum Gasteiger partial charge on any atom is 0.330 e. The second-order valence-electron chi connectivity index (χ2n) is 6.97. The number of ether oxygens (including phenoxy) is 2. The SMILES string of the molecule is CCOC(=O)/C=C/c1cc(C)c(Oc2ccnc(Cc3ccc(C#N)cc3)n2)c(C)c1. The summed E-state index contributed by atoms with van der Waals surface area (Å²) in [5, 5.41) is 8.92. The summed E-state index contributed by atoms with van der Waals surface area (Å²) < 4.78 is 11.0. The Balaban J connectivity index is 1.75. The first-order valence-electron chi connectivity index (χ1n) is 9.93. The van der Waals surface area contributed by atoms with Crippen LogP contribution in [-0.4, -0.2) is 22.5 Å². The molecule has 3 aromatic rings. The first kappa shape index (κ1) is 21.7. The van der Waals surface area contributed by atoms with Crippen LogP contribution in [0.15, 0.2) is 54.7 Å². The van der Waals surface area contributed by atoms with Gasteiger partial charge in [0.2, 0.25) is 5.88 Å². The molecule has 0 aliphatic heterocycles. The van der Waals surface area contributed by atoms with Gasteiger partial charge in [0, 0.05) is 24.8 Å². The molecular formula is C25H23N3O3. The number of carbonyl (C=O) groups is 1. The van der Waals surface area contributed by atoms with E-state index in [-0.39, 0.29) is 5.97 Å². The average Bonchev–Trinajstić information content (AvgIpc) is 2.76. The van der Waals surface area contributed by atoms with Crippen LogP contribution in [-0.2, 0) is 16.0 Å². The van der Waals surface area contributed by atoms with Crippen LogP contribution in [0, 0.1) is 25.2 Å². The van der Waals surface area contributed by atoms with Crippen LogP contribution >= 0.6 is 0 Å². The Labute approximate surface area is 181 Å². The fourth-order valence-corrected chi connectivity index (χ4v) is 3.10. The van der Waals surface area contributed by atoms with E-state index in [1.54, 1.807) is 37.4 Å². The first-order chi connectivity index (χ1) is 15.0. The second-order valence-corrected chi connectivity index (χ2v) is 6.97. The fraction of sp³-hybridized carbons (Fsp3) is 0.200. The van der Waals surface area contributed by atoms with Crippen molar-refractivity contribution in [3.05, 3.63) is 88.4 Å². The van der Waals surface area contributed by atoms with Crippen molar-refractivity contribution in [2.24, 2.45) is 0 Å². The zero-order valence-electron chi connectivity index (χ0n) is 17.8. The molecule has 0 amide bonds. The summed E-state index contributed by atoms with van der Waals surface area (Å²) in [5.41, 5.74) is 4.38. The normalized spacial score (nSPS) is 10.6. The van der Waals surface area contributed by atoms with Gasteiger partial charge in [0.1, 0.15) is 11.6 Å². The van der Waals surface area contributed by atoms with Crippen LogP contribution in [0.25, 0.3) is 6.08 Å². The number of benzene rings is 2. The second kappa shape index (κ2) is 10.2. The molecule has 0 aliphatic rings. The van der Waals surface area contributed by atoms with Crippen molar-refractivity contribution in [3.8, 4) is 17.7 Å². The Hall–Kier alpha value is -3.98. The number of carbonyl (C=O) groups excluding carboxylic acids is 1. The van der Waals surface area contributed by atoms with E-state index < -0.39 is 0 Å². The molecule has 0 fully saturated rings. The highest BCUT2D eigenvalue weighted by Gasteiger charge is 2.10. The van der Waals surface area contributed by atoms with Gasteiger partial charge in [-0.3, -0.25) is 0 Å². The van der Waals surface area contributed by atoms with Crippen LogP contribution in [0.3, 0.4) is 0 Å². The Bertz CT molecular complexity index is 1120. The first-order valence-corrected chi connectivity index (χ1v) is 9.93. The summed E-state index contributed by atoms with van der Waals surface area (Å²) in [6, 6.07) is 15.1. The molecular weight excluding hydrogens is 390 g/mol. The van der Waals surface area contributed by atoms with E-state index in [4.69, 9.17) is 14.7 Å². The molecule has 3 rings (SSSR count). The summed E-state index contributed by atoms with van der Waals surface area (Å²) in [6.45, 7) is 6.01. The molecule has 0 spiro atoms. The van der Waals surface area contributed by atoms with Gasteiger partial charge in [0.15, 0.2) is 0 Å². The van der Waals surface area contributed by atoms with Gasteiger partial charge in [-0.2, -0.15) is 10.2 Å². The number of nitrogens with zero attached hydrogens (tertiary/aromatic N) is 3. The highest BCUT2D eigenvalue weighted by atomic mass is 16.5. The molecule has 1 aromatic heterocycles. The molecule has 6 heteroatoms. The van der Waals surface area contributed by atoms with E-state index in [0.29, 0.717) is 30.3 Å². The van der Waals surface area contributed by atoms with Crippen LogP contribution in [0.5, 0.6) is 11.6 Å². The third-order valence-electron chi connectivity index (χ3n) is 4.51. The summed E-state index contributed by atoms with van der Waals surface area (Å²) in [5.74, 6) is 1.44. The molecule has 31 heavy (non-hydrogen) atoms. The lowest BCUT2D eigenvalue weighted by molar-refractivity contribution is -0.137. The lowest BCUT2D eigenvalue weighted by Gasteiger charge is -2.13. The van der Waals surface area contributed by atoms with Crippen LogP contribution in [0.4, 0.5) is 0 Å². The van der Waals surface area contributed by atoms with Gasteiger partial charge >= 0.3 is 5.97 Å². The van der Waals surface area contributed by atoms with Crippen LogP contribution in [0.2, 0.25) is 0 Å². The predicted octanol–water partition coefficient (Wildman–Crippen LogP) is 4.92. The van der Waals surface area contributed by atoms with E-state index >= 15 is 0 Å². The zero-order chi connectivity index (χ0) is 22.2. The molecule has 0 bridgehead atoms. The minimum Gasteiger partial charge on any atom is -0.463 e. The zero-order valence-corrected chi connectivity index (χ0v) is 17.8. The van der Waals surface area contributed by atoms with Gasteiger partial charge in [0.25, 0.3) is 0 Å². The summed E-state index contributed by atoms with van der Waals surface area (Å²) in [6.07, 6.45) is 5.35. The summed E-state index contributed by atoms with van der Waals surface area (Å²) >= 11 is 0. The molecule has 0 radical (unpaired) electrons. The van der Waals surface area contributed by atoms with E-state index in [1.165, 1.54) is 6.08 Å². The Morgan fingerprint density at radius 1 is 1.13 bits per heavy atom. The molecule has 2 aromatic carbocycles. The Morgan fingerprint density at radius 2 is 1.84 bits per heavy atom. The molecule has 1 heterocycles. The minimum atomic E-state index is -0.367. The van der Waals surface area contributed by atoms with E-state index in [2.05, 4.69) is 16.0 Å². The smallest absolute Gasteiger partial charge is 0.330 e. The molecule has 0 saturated carbocycles. The van der Waals surface area contributed by atoms with Gasteiger partial charge in [-0.05, 0) is 73.4 Å². The van der Waals surface area contributed by atoms with E-state index in [1.807, 2.05) is 38.1 Å². The van der Waals surface area contributed by atoms with Crippen LogP contribution < -0.4 is 4.74 Å². The molecule has 0 saturated heterocycles. The highest BCUT2D eigenvalue weighted by molar-refractivity contribution is 5.87. The van der Waals surface area contributed by atoms with Crippen molar-refractivity contribution in [3.63, 3.8) is 0 Å². The molecule has 156 valence electrons. The molecule has 0 aliphatic carbocycles. The lowest BCUT2D eigenvalue weighted by Crippen LogP contribution is -2.00. The highest BCUT2D eigenvalue weighted by Crippen LogP contribution is 2.29. The number of nitriles is 1. The topological polar surface area (TPSA) is 85.1 Å². The quantitative estimate of drug-likeness (QED) is 0.403. The Morgan fingerprint density at radius 3 is 2.48 bits per heavy atom. The molecule has 0 atom stereocenters. The standard InChI is InChI=1S/C25H23N3O3/c1-4-30-24(29)10-9-21-13-17(2)25(18(3)14-21)31-23-11-12-27-22(28-23)15-19-5-7-20(16-26)8-6-19/h5-14H,4,15H2,1-3H3/b10-9+. The van der Waals surface area contributed by atoms with Crippen LogP contribution in [0.1, 0.15) is 40.6 Å². The third-order valence-corrected chi connectivity index (χ3v) is 4.51. The molecule has 0 unspecified atom stereocenters. The maximum atomic E-state index is 11.5. The fourth-order valence-electron chi connectivity index (χ4n) is 3.10. The molecule has 6 nitrogen and oxygen atoms in total. The van der Waals surface area contributed by atoms with Gasteiger partial charge < -0.3 is 9.47 Å². The number of hydrogen-bond acceptors (Lipinski definition) is 6. The van der Waals surface area contributed by atoms with Crippen molar-refractivity contribution in [1.82, 2.24) is 9.97 Å². The monoisotopic (exact) mass is 413 g/mol. The van der Waals surface area contributed by atoms with Gasteiger partial charge in [-0.25, -0.2) is 9.78 Å². The van der Waals surface area contributed by atoms with Crippen molar-refractivity contribution < 1.29 is 14.3 Å². The van der Waals surface area contributed by atoms with E-state index in [9.17, 15) is 4.79 Å². The van der Waals surface area contributed by atoms with Crippen molar-refractivity contribution in [2.45, 2.75) is 27.2 Å². The molecule has 0 N–H and O–H groups in total. The van der Waals surface area contributed by atoms with E-state index in [0.717, 1.165) is 28.0 Å². The summed E-state index contributed by atoms with van der Waals surface area (Å²) in [7, 11) is 0. The lowest BCUT2D eigenvalue weighted by atomic mass is 10.1. The van der Waals surface area contributed by atoms with Crippen molar-refractivity contribution in [2.75, 3.05) is 6.61 Å². The number of hydrogen-bond donors (Lipinski definition) is 0. The van der Waals surface area contributed by atoms with Crippen molar-refractivity contribution >= 4 is 12.0 Å². The number of rotatable bonds is 7. The van der Waals surface area contributed by atoms with Gasteiger partial charge in [0.05, 0.1) is 18.2 Å². The largest absolute Gasteiger partial charge is 0.463 e. The number of esters is 1. The minimum absolute atomic E-state index is 0.347. The van der Waals surface area contributed by atoms with Gasteiger partial charge in [-0.15, -0.1) is 0 Å². The predicted molar refractivity (Wildman–Crippen MR) is 118 cm³/mol. The Kier molecular flexibility index (Phi) is 7.13. The number of aromatic nitrogens is 2. The number of aryl methyl sites for hydroxylation is 2. The third kappa shape index (κ3) is 6.00. The maximum absolute atomic E-state index is 11.5. The summed E-state index contributed by atoms with van der Waals surface area (Å²) in [4.78, 5) is 20.4. The van der Waals surface area contributed by atoms with Crippen molar-refractivity contribution in [1.29, 1.82) is 5.26 Å².